The van der Waals surface area contributed by atoms with E-state index in [1.54, 1.807) is 11.2 Å². The number of aliphatic imine (C=N–C) groups is 1. The second-order valence-corrected chi connectivity index (χ2v) is 3.82. The summed E-state index contributed by atoms with van der Waals surface area (Å²) in [5.74, 6) is 0.411. The highest BCUT2D eigenvalue weighted by atomic mass is 79.9. The molecule has 0 unspecified atom stereocenters. The molecule has 0 aliphatic rings. The van der Waals surface area contributed by atoms with Crippen molar-refractivity contribution >= 4 is 33.8 Å². The van der Waals surface area contributed by atoms with E-state index in [0.717, 1.165) is 0 Å². The molecule has 0 bridgehead atoms. The first-order chi connectivity index (χ1) is 7.00. The van der Waals surface area contributed by atoms with Crippen LogP contribution in [0.25, 0.3) is 0 Å². The van der Waals surface area contributed by atoms with Gasteiger partial charge in [-0.3, -0.25) is 10.1 Å². The van der Waals surface area contributed by atoms with Crippen molar-refractivity contribution in [3.63, 3.8) is 0 Å². The van der Waals surface area contributed by atoms with Gasteiger partial charge in [-0.15, -0.1) is 0 Å². The molecule has 6 nitrogen and oxygen atoms in total. The standard InChI is InChI=1S/C8H9BrN4O2/c1-12(2)5-11-8-7(9)3-6(4-10-8)13(14)15/h3-5H,1-2H3/b11-5+. The normalized spacial score (nSPS) is 10.6. The molecular weight excluding hydrogens is 264 g/mol. The van der Waals surface area contributed by atoms with E-state index in [4.69, 9.17) is 0 Å². The number of pyridine rings is 1. The molecule has 0 amide bonds. The Balaban J connectivity index is 2.98. The molecule has 0 spiro atoms. The first-order valence-electron chi connectivity index (χ1n) is 4.01. The van der Waals surface area contributed by atoms with Gasteiger partial charge in [-0.25, -0.2) is 9.98 Å². The van der Waals surface area contributed by atoms with Gasteiger partial charge in [-0.2, -0.15) is 0 Å². The van der Waals surface area contributed by atoms with E-state index < -0.39 is 4.92 Å². The zero-order valence-corrected chi connectivity index (χ0v) is 9.80. The maximum atomic E-state index is 10.4. The van der Waals surface area contributed by atoms with Gasteiger partial charge in [-0.1, -0.05) is 0 Å². The van der Waals surface area contributed by atoms with Crippen molar-refractivity contribution in [3.8, 4) is 0 Å². The van der Waals surface area contributed by atoms with E-state index in [1.165, 1.54) is 12.3 Å². The predicted octanol–water partition coefficient (Wildman–Crippen LogP) is 1.97. The first kappa shape index (κ1) is 11.6. The van der Waals surface area contributed by atoms with Crippen LogP contribution in [-0.4, -0.2) is 35.2 Å². The van der Waals surface area contributed by atoms with Crippen LogP contribution in [0.3, 0.4) is 0 Å². The van der Waals surface area contributed by atoms with Gasteiger partial charge in [0.25, 0.3) is 5.69 Å². The van der Waals surface area contributed by atoms with Gasteiger partial charge in [0.05, 0.1) is 15.7 Å². The average Bonchev–Trinajstić information content (AvgIpc) is 2.15. The van der Waals surface area contributed by atoms with Crippen LogP contribution in [0.15, 0.2) is 21.7 Å². The van der Waals surface area contributed by atoms with Gasteiger partial charge >= 0.3 is 0 Å². The Morgan fingerprint density at radius 1 is 1.67 bits per heavy atom. The highest BCUT2D eigenvalue weighted by Gasteiger charge is 2.09. The van der Waals surface area contributed by atoms with Gasteiger partial charge in [0.15, 0.2) is 5.82 Å². The number of nitro groups is 1. The molecule has 0 radical (unpaired) electrons. The molecule has 1 aromatic heterocycles. The summed E-state index contributed by atoms with van der Waals surface area (Å²) in [5, 5.41) is 10.4. The Bertz CT molecular complexity index is 406. The van der Waals surface area contributed by atoms with Crippen molar-refractivity contribution in [2.24, 2.45) is 4.99 Å². The van der Waals surface area contributed by atoms with Crippen LogP contribution in [0, 0.1) is 10.1 Å². The summed E-state index contributed by atoms with van der Waals surface area (Å²) >= 11 is 3.17. The highest BCUT2D eigenvalue weighted by Crippen LogP contribution is 2.26. The zero-order valence-electron chi connectivity index (χ0n) is 8.22. The van der Waals surface area contributed by atoms with Gasteiger partial charge in [0, 0.05) is 20.2 Å². The van der Waals surface area contributed by atoms with Gasteiger partial charge in [0.2, 0.25) is 0 Å². The van der Waals surface area contributed by atoms with Crippen molar-refractivity contribution in [3.05, 3.63) is 26.9 Å². The lowest BCUT2D eigenvalue weighted by atomic mass is 10.4. The third kappa shape index (κ3) is 3.28. The largest absolute Gasteiger partial charge is 0.369 e. The molecule has 0 aliphatic heterocycles. The summed E-state index contributed by atoms with van der Waals surface area (Å²) in [6.45, 7) is 0. The fraction of sp³-hybridized carbons (Fsp3) is 0.250. The minimum absolute atomic E-state index is 0.0642. The molecule has 1 aromatic rings. The molecule has 0 aromatic carbocycles. The minimum atomic E-state index is -0.503. The number of nitrogens with zero attached hydrogens (tertiary/aromatic N) is 4. The molecule has 0 N–H and O–H groups in total. The third-order valence-corrected chi connectivity index (χ3v) is 2.01. The average molecular weight is 273 g/mol. The molecule has 0 saturated carbocycles. The summed E-state index contributed by atoms with van der Waals surface area (Å²) in [6, 6.07) is 1.37. The van der Waals surface area contributed by atoms with Crippen LogP contribution >= 0.6 is 15.9 Å². The lowest BCUT2D eigenvalue weighted by Gasteiger charge is -2.02. The second kappa shape index (κ2) is 4.83. The zero-order chi connectivity index (χ0) is 11.4. The Morgan fingerprint density at radius 3 is 2.80 bits per heavy atom. The van der Waals surface area contributed by atoms with E-state index >= 15 is 0 Å². The molecule has 1 rings (SSSR count). The molecule has 7 heteroatoms. The SMILES string of the molecule is CN(C)/C=N/c1ncc([N+](=O)[O-])cc1Br. The summed E-state index contributed by atoms with van der Waals surface area (Å²) in [4.78, 5) is 19.6. The van der Waals surface area contributed by atoms with E-state index in [2.05, 4.69) is 25.9 Å². The van der Waals surface area contributed by atoms with E-state index in [1.807, 2.05) is 14.1 Å². The summed E-state index contributed by atoms with van der Waals surface area (Å²) < 4.78 is 0.495. The molecule has 15 heavy (non-hydrogen) atoms. The lowest BCUT2D eigenvalue weighted by Crippen LogP contribution is -2.07. The van der Waals surface area contributed by atoms with Crippen LogP contribution in [0.4, 0.5) is 11.5 Å². The molecule has 0 saturated heterocycles. The molecule has 0 fully saturated rings. The van der Waals surface area contributed by atoms with Crippen molar-refractivity contribution in [2.75, 3.05) is 14.1 Å². The highest BCUT2D eigenvalue weighted by molar-refractivity contribution is 9.10. The maximum Gasteiger partial charge on any atom is 0.288 e. The Hall–Kier alpha value is -1.50. The van der Waals surface area contributed by atoms with Gasteiger partial charge < -0.3 is 4.90 Å². The fourth-order valence-corrected chi connectivity index (χ4v) is 1.22. The smallest absolute Gasteiger partial charge is 0.288 e. The Kier molecular flexibility index (Phi) is 3.73. The van der Waals surface area contributed by atoms with Gasteiger partial charge in [0.1, 0.15) is 6.20 Å². The number of halogens is 1. The van der Waals surface area contributed by atoms with E-state index in [0.29, 0.717) is 10.3 Å². The minimum Gasteiger partial charge on any atom is -0.369 e. The van der Waals surface area contributed by atoms with Crippen LogP contribution in [0.1, 0.15) is 0 Å². The topological polar surface area (TPSA) is 71.6 Å². The second-order valence-electron chi connectivity index (χ2n) is 2.96. The summed E-state index contributed by atoms with van der Waals surface area (Å²) in [7, 11) is 3.64. The number of rotatable bonds is 3. The van der Waals surface area contributed by atoms with Crippen LogP contribution in [-0.2, 0) is 0 Å². The van der Waals surface area contributed by atoms with Crippen molar-refractivity contribution in [1.82, 2.24) is 9.88 Å². The van der Waals surface area contributed by atoms with Crippen LogP contribution in [0.2, 0.25) is 0 Å². The van der Waals surface area contributed by atoms with Crippen molar-refractivity contribution in [2.45, 2.75) is 0 Å². The predicted molar refractivity (Wildman–Crippen MR) is 60.4 cm³/mol. The molecular formula is C8H9BrN4O2. The quantitative estimate of drug-likeness (QED) is 0.365. The fourth-order valence-electron chi connectivity index (χ4n) is 0.786. The molecule has 0 aliphatic carbocycles. The maximum absolute atomic E-state index is 10.4. The number of aromatic nitrogens is 1. The Labute approximate surface area is 94.9 Å². The van der Waals surface area contributed by atoms with Crippen molar-refractivity contribution < 1.29 is 4.92 Å². The molecule has 0 atom stereocenters. The summed E-state index contributed by atoms with van der Waals surface area (Å²) in [5.41, 5.74) is -0.0642. The van der Waals surface area contributed by atoms with E-state index in [-0.39, 0.29) is 5.69 Å². The molecule has 80 valence electrons. The molecule has 1 heterocycles. The van der Waals surface area contributed by atoms with Crippen LogP contribution < -0.4 is 0 Å². The Morgan fingerprint density at radius 2 is 2.33 bits per heavy atom. The van der Waals surface area contributed by atoms with Gasteiger partial charge in [-0.05, 0) is 15.9 Å². The van der Waals surface area contributed by atoms with Crippen LogP contribution in [0.5, 0.6) is 0 Å². The number of hydrogen-bond donors (Lipinski definition) is 0. The first-order valence-corrected chi connectivity index (χ1v) is 4.80. The lowest BCUT2D eigenvalue weighted by molar-refractivity contribution is -0.385. The summed E-state index contributed by atoms with van der Waals surface area (Å²) in [6.07, 6.45) is 2.74. The monoisotopic (exact) mass is 272 g/mol. The van der Waals surface area contributed by atoms with E-state index in [9.17, 15) is 10.1 Å². The third-order valence-electron chi connectivity index (χ3n) is 1.43. The van der Waals surface area contributed by atoms with Crippen molar-refractivity contribution in [1.29, 1.82) is 0 Å². The number of hydrogen-bond acceptors (Lipinski definition) is 4.